The van der Waals surface area contributed by atoms with E-state index in [4.69, 9.17) is 0 Å². The van der Waals surface area contributed by atoms with E-state index in [1.54, 1.807) is 6.92 Å². The summed E-state index contributed by atoms with van der Waals surface area (Å²) in [6.07, 6.45) is 2.12. The van der Waals surface area contributed by atoms with Crippen molar-refractivity contribution in [3.8, 4) is 0 Å². The lowest BCUT2D eigenvalue weighted by Gasteiger charge is -2.33. The molecular weight excluding hydrogens is 228 g/mol. The van der Waals surface area contributed by atoms with Gasteiger partial charge in [0.1, 0.15) is 6.04 Å². The lowest BCUT2D eigenvalue weighted by Crippen LogP contribution is -2.51. The Morgan fingerprint density at radius 3 is 2.17 bits per heavy atom. The number of nitrogens with zero attached hydrogens (tertiary/aromatic N) is 1. The highest BCUT2D eigenvalue weighted by Gasteiger charge is 2.28. The maximum atomic E-state index is 12.2. The van der Waals surface area contributed by atoms with Gasteiger partial charge in [0.15, 0.2) is 0 Å². The van der Waals surface area contributed by atoms with Crippen molar-refractivity contribution in [2.45, 2.75) is 53.5 Å². The van der Waals surface area contributed by atoms with Gasteiger partial charge in [0, 0.05) is 18.5 Å². The highest BCUT2D eigenvalue weighted by molar-refractivity contribution is 5.89. The van der Waals surface area contributed by atoms with Crippen molar-refractivity contribution in [3.63, 3.8) is 0 Å². The summed E-state index contributed by atoms with van der Waals surface area (Å²) in [6.45, 7) is 11.2. The summed E-state index contributed by atoms with van der Waals surface area (Å²) in [5.41, 5.74) is -0.453. The topological polar surface area (TPSA) is 49.4 Å². The third kappa shape index (κ3) is 4.00. The Morgan fingerprint density at radius 2 is 1.72 bits per heavy atom. The molecule has 0 bridgehead atoms. The van der Waals surface area contributed by atoms with Crippen LogP contribution in [0.4, 0.5) is 0 Å². The van der Waals surface area contributed by atoms with E-state index in [1.807, 2.05) is 25.7 Å². The second kappa shape index (κ2) is 5.72. The molecule has 1 saturated heterocycles. The molecule has 1 unspecified atom stereocenters. The number of hydrogen-bond acceptors (Lipinski definition) is 2. The second-order valence-electron chi connectivity index (χ2n) is 6.45. The molecule has 0 spiro atoms. The van der Waals surface area contributed by atoms with Crippen LogP contribution in [0.15, 0.2) is 0 Å². The fourth-order valence-electron chi connectivity index (χ4n) is 1.98. The van der Waals surface area contributed by atoms with Crippen LogP contribution in [-0.2, 0) is 9.59 Å². The molecule has 4 heteroatoms. The number of piperidine rings is 1. The van der Waals surface area contributed by atoms with E-state index in [1.165, 1.54) is 0 Å². The highest BCUT2D eigenvalue weighted by atomic mass is 16.2. The zero-order valence-corrected chi connectivity index (χ0v) is 12.2. The summed E-state index contributed by atoms with van der Waals surface area (Å²) in [6, 6.07) is -0.426. The standard InChI is InChI=1S/C14H26N2O2/c1-10-6-8-16(9-7-10)12(17)11(2)15-13(18)14(3,4)5/h10-11H,6-9H2,1-5H3,(H,15,18). The van der Waals surface area contributed by atoms with Gasteiger partial charge in [0.2, 0.25) is 11.8 Å². The minimum Gasteiger partial charge on any atom is -0.344 e. The highest BCUT2D eigenvalue weighted by Crippen LogP contribution is 2.17. The van der Waals surface area contributed by atoms with Gasteiger partial charge in [-0.15, -0.1) is 0 Å². The van der Waals surface area contributed by atoms with Gasteiger partial charge in [-0.2, -0.15) is 0 Å². The van der Waals surface area contributed by atoms with E-state index in [2.05, 4.69) is 12.2 Å². The maximum Gasteiger partial charge on any atom is 0.244 e. The number of amides is 2. The molecule has 0 radical (unpaired) electrons. The number of carbonyl (C=O) groups is 2. The third-order valence-corrected chi connectivity index (χ3v) is 3.49. The Balaban J connectivity index is 2.49. The van der Waals surface area contributed by atoms with Gasteiger partial charge in [-0.3, -0.25) is 9.59 Å². The Kier molecular flexibility index (Phi) is 4.77. The molecule has 0 aliphatic carbocycles. The van der Waals surface area contributed by atoms with Crippen LogP contribution >= 0.6 is 0 Å². The molecule has 1 aliphatic rings. The monoisotopic (exact) mass is 254 g/mol. The van der Waals surface area contributed by atoms with Gasteiger partial charge in [0.25, 0.3) is 0 Å². The van der Waals surface area contributed by atoms with Crippen LogP contribution in [0.3, 0.4) is 0 Å². The van der Waals surface area contributed by atoms with Crippen molar-refractivity contribution in [1.29, 1.82) is 0 Å². The molecule has 1 aliphatic heterocycles. The van der Waals surface area contributed by atoms with E-state index in [-0.39, 0.29) is 11.8 Å². The molecule has 1 fully saturated rings. The summed E-state index contributed by atoms with van der Waals surface area (Å²) >= 11 is 0. The van der Waals surface area contributed by atoms with Crippen molar-refractivity contribution < 1.29 is 9.59 Å². The molecule has 0 aromatic carbocycles. The average Bonchev–Trinajstić information content (AvgIpc) is 2.27. The van der Waals surface area contributed by atoms with Crippen molar-refractivity contribution in [2.75, 3.05) is 13.1 Å². The van der Waals surface area contributed by atoms with E-state index in [9.17, 15) is 9.59 Å². The second-order valence-corrected chi connectivity index (χ2v) is 6.45. The van der Waals surface area contributed by atoms with E-state index >= 15 is 0 Å². The zero-order chi connectivity index (χ0) is 13.9. The van der Waals surface area contributed by atoms with E-state index < -0.39 is 11.5 Å². The molecule has 18 heavy (non-hydrogen) atoms. The van der Waals surface area contributed by atoms with Crippen molar-refractivity contribution in [1.82, 2.24) is 10.2 Å². The Hall–Kier alpha value is -1.06. The minimum absolute atomic E-state index is 0.0412. The molecule has 1 heterocycles. The van der Waals surface area contributed by atoms with Crippen LogP contribution in [0.2, 0.25) is 0 Å². The molecule has 1 rings (SSSR count). The third-order valence-electron chi connectivity index (χ3n) is 3.49. The van der Waals surface area contributed by atoms with E-state index in [0.717, 1.165) is 25.9 Å². The summed E-state index contributed by atoms with van der Waals surface area (Å²) in [4.78, 5) is 25.9. The molecule has 104 valence electrons. The van der Waals surface area contributed by atoms with Gasteiger partial charge in [-0.05, 0) is 25.7 Å². The average molecular weight is 254 g/mol. The van der Waals surface area contributed by atoms with Crippen molar-refractivity contribution >= 4 is 11.8 Å². The van der Waals surface area contributed by atoms with Crippen LogP contribution in [0.25, 0.3) is 0 Å². The summed E-state index contributed by atoms with van der Waals surface area (Å²) in [5.74, 6) is 0.668. The summed E-state index contributed by atoms with van der Waals surface area (Å²) in [5, 5.41) is 2.80. The quantitative estimate of drug-likeness (QED) is 0.817. The van der Waals surface area contributed by atoms with Gasteiger partial charge in [-0.1, -0.05) is 27.7 Å². The first-order chi connectivity index (χ1) is 8.21. The summed E-state index contributed by atoms with van der Waals surface area (Å²) in [7, 11) is 0. The number of carbonyl (C=O) groups excluding carboxylic acids is 2. The van der Waals surface area contributed by atoms with Crippen molar-refractivity contribution in [2.24, 2.45) is 11.3 Å². The number of rotatable bonds is 2. The SMILES string of the molecule is CC1CCN(C(=O)C(C)NC(=O)C(C)(C)C)CC1. The Morgan fingerprint density at radius 1 is 1.22 bits per heavy atom. The van der Waals surface area contributed by atoms with Crippen LogP contribution in [0.5, 0.6) is 0 Å². The van der Waals surface area contributed by atoms with Crippen LogP contribution in [0, 0.1) is 11.3 Å². The molecule has 0 aromatic heterocycles. The number of hydrogen-bond donors (Lipinski definition) is 1. The van der Waals surface area contributed by atoms with Gasteiger partial charge >= 0.3 is 0 Å². The lowest BCUT2D eigenvalue weighted by molar-refractivity contribution is -0.139. The minimum atomic E-state index is -0.453. The fraction of sp³-hybridized carbons (Fsp3) is 0.857. The Labute approximate surface area is 110 Å². The molecule has 1 N–H and O–H groups in total. The number of nitrogens with one attached hydrogen (secondary N) is 1. The van der Waals surface area contributed by atoms with E-state index in [0.29, 0.717) is 5.92 Å². The summed E-state index contributed by atoms with van der Waals surface area (Å²) < 4.78 is 0. The first-order valence-electron chi connectivity index (χ1n) is 6.81. The van der Waals surface area contributed by atoms with Crippen LogP contribution in [-0.4, -0.2) is 35.8 Å². The largest absolute Gasteiger partial charge is 0.344 e. The lowest BCUT2D eigenvalue weighted by atomic mass is 9.95. The van der Waals surface area contributed by atoms with Gasteiger partial charge < -0.3 is 10.2 Å². The fourth-order valence-corrected chi connectivity index (χ4v) is 1.98. The molecule has 4 nitrogen and oxygen atoms in total. The molecular formula is C14H26N2O2. The predicted octanol–water partition coefficient (Wildman–Crippen LogP) is 1.80. The number of likely N-dealkylation sites (tertiary alicyclic amines) is 1. The van der Waals surface area contributed by atoms with Gasteiger partial charge in [0.05, 0.1) is 0 Å². The van der Waals surface area contributed by atoms with Crippen molar-refractivity contribution in [3.05, 3.63) is 0 Å². The van der Waals surface area contributed by atoms with Crippen LogP contribution in [0.1, 0.15) is 47.5 Å². The molecule has 2 amide bonds. The smallest absolute Gasteiger partial charge is 0.244 e. The predicted molar refractivity (Wildman–Crippen MR) is 72.0 cm³/mol. The first-order valence-corrected chi connectivity index (χ1v) is 6.81. The zero-order valence-electron chi connectivity index (χ0n) is 12.2. The molecule has 0 saturated carbocycles. The van der Waals surface area contributed by atoms with Crippen LogP contribution < -0.4 is 5.32 Å². The van der Waals surface area contributed by atoms with Gasteiger partial charge in [-0.25, -0.2) is 0 Å². The molecule has 0 aromatic rings. The molecule has 1 atom stereocenters. The normalized spacial score (nSPS) is 19.5. The maximum absolute atomic E-state index is 12.2. The Bertz CT molecular complexity index is 312. The first kappa shape index (κ1) is 15.0.